The first kappa shape index (κ1) is 7.91. The second-order valence-corrected chi connectivity index (χ2v) is 4.36. The molecule has 54 valence electrons. The predicted octanol–water partition coefficient (Wildman–Crippen LogP) is 0.245. The Bertz CT molecular complexity index is 99.1. The molecule has 0 amide bonds. The van der Waals surface area contributed by atoms with Crippen molar-refractivity contribution in [1.82, 2.24) is 0 Å². The monoisotopic (exact) mass is 324 g/mol. The van der Waals surface area contributed by atoms with Crippen LogP contribution >= 0.6 is 0 Å². The summed E-state index contributed by atoms with van der Waals surface area (Å²) >= 11 is 1.65. The van der Waals surface area contributed by atoms with Crippen LogP contribution in [0.1, 0.15) is 13.3 Å². The molecule has 1 heterocycles. The Morgan fingerprint density at radius 3 is 2.78 bits per heavy atom. The molecule has 3 atom stereocenters. The maximum atomic E-state index is 5.76. The zero-order chi connectivity index (χ0) is 6.85. The van der Waals surface area contributed by atoms with E-state index in [-0.39, 0.29) is 6.04 Å². The number of hydrogen-bond donors (Lipinski definition) is 1. The summed E-state index contributed by atoms with van der Waals surface area (Å²) in [6, 6.07) is 0.283. The fourth-order valence-corrected chi connectivity index (χ4v) is 1.70. The van der Waals surface area contributed by atoms with Gasteiger partial charge >= 0.3 is 70.9 Å². The van der Waals surface area contributed by atoms with Crippen LogP contribution in [0.15, 0.2) is 0 Å². The quantitative estimate of drug-likeness (QED) is 0.693. The standard InChI is InChI=1S/C6H12AtNO/c1-4-2-5(8)6(7)9-3-4/h4-6H,2-3,8H2,1H3. The second-order valence-electron chi connectivity index (χ2n) is 2.69. The van der Waals surface area contributed by atoms with E-state index < -0.39 is 0 Å². The molecule has 9 heavy (non-hydrogen) atoms. The minimum absolute atomic E-state index is 0.283. The third-order valence-electron chi connectivity index (χ3n) is 1.55. The fraction of sp³-hybridized carbons (Fsp3) is 1.00. The molecule has 0 saturated carbocycles. The molecule has 0 aromatic rings. The van der Waals surface area contributed by atoms with Gasteiger partial charge in [-0.3, -0.25) is 0 Å². The van der Waals surface area contributed by atoms with Crippen molar-refractivity contribution in [2.45, 2.75) is 23.2 Å². The second kappa shape index (κ2) is 3.27. The van der Waals surface area contributed by atoms with Gasteiger partial charge in [-0.15, -0.1) is 0 Å². The van der Waals surface area contributed by atoms with E-state index >= 15 is 0 Å². The SMILES string of the molecule is CC1COC([At])C(N)C1. The summed E-state index contributed by atoms with van der Waals surface area (Å²) in [5.41, 5.74) is 5.76. The zero-order valence-corrected chi connectivity index (χ0v) is 8.45. The van der Waals surface area contributed by atoms with Gasteiger partial charge in [0.1, 0.15) is 0 Å². The molecular formula is C6H12AtNO. The van der Waals surface area contributed by atoms with Crippen LogP contribution in [0.4, 0.5) is 0 Å². The molecule has 0 radical (unpaired) electrons. The van der Waals surface area contributed by atoms with E-state index in [0.717, 1.165) is 13.0 Å². The van der Waals surface area contributed by atoms with E-state index in [1.54, 1.807) is 24.7 Å². The Balaban J connectivity index is 2.35. The Labute approximate surface area is 71.0 Å². The zero-order valence-electron chi connectivity index (χ0n) is 5.51. The van der Waals surface area contributed by atoms with Gasteiger partial charge in [0, 0.05) is 0 Å². The Morgan fingerprint density at radius 2 is 2.33 bits per heavy atom. The van der Waals surface area contributed by atoms with Gasteiger partial charge in [-0.2, -0.15) is 0 Å². The summed E-state index contributed by atoms with van der Waals surface area (Å²) in [7, 11) is 0. The van der Waals surface area contributed by atoms with Gasteiger partial charge < -0.3 is 0 Å². The number of hydrogen-bond acceptors (Lipinski definition) is 2. The average molecular weight is 324 g/mol. The van der Waals surface area contributed by atoms with Crippen molar-refractivity contribution < 1.29 is 29.5 Å². The molecule has 2 N–H and O–H groups in total. The van der Waals surface area contributed by atoms with E-state index in [2.05, 4.69) is 6.92 Å². The Kier molecular flexibility index (Phi) is 2.87. The van der Waals surface area contributed by atoms with Crippen LogP contribution in [-0.2, 0) is 4.74 Å². The van der Waals surface area contributed by atoms with Crippen molar-refractivity contribution in [1.29, 1.82) is 0 Å². The van der Waals surface area contributed by atoms with Gasteiger partial charge in [-0.25, -0.2) is 0 Å². The van der Waals surface area contributed by atoms with Gasteiger partial charge in [-0.1, -0.05) is 0 Å². The first-order valence-electron chi connectivity index (χ1n) is 3.21. The number of ether oxygens (including phenoxy) is 1. The molecule has 1 aliphatic heterocycles. The molecule has 3 unspecified atom stereocenters. The molecule has 2 nitrogen and oxygen atoms in total. The molecule has 1 rings (SSSR count). The predicted molar refractivity (Wildman–Crippen MR) is 31.5 cm³/mol. The molecule has 0 bridgehead atoms. The van der Waals surface area contributed by atoms with Crippen molar-refractivity contribution in [3.05, 3.63) is 0 Å². The topological polar surface area (TPSA) is 35.2 Å². The van der Waals surface area contributed by atoms with E-state index in [1.807, 2.05) is 0 Å². The van der Waals surface area contributed by atoms with Crippen LogP contribution in [0.3, 0.4) is 0 Å². The summed E-state index contributed by atoms with van der Waals surface area (Å²) in [5, 5.41) is 0. The van der Waals surface area contributed by atoms with E-state index in [4.69, 9.17) is 10.5 Å². The van der Waals surface area contributed by atoms with Crippen molar-refractivity contribution in [3.63, 3.8) is 0 Å². The molecule has 3 heteroatoms. The average Bonchev–Trinajstić information content (AvgIpc) is 1.80. The van der Waals surface area contributed by atoms with Crippen molar-refractivity contribution in [2.75, 3.05) is 6.61 Å². The number of nitrogens with two attached hydrogens (primary N) is 1. The van der Waals surface area contributed by atoms with Crippen LogP contribution in [0.2, 0.25) is 0 Å². The summed E-state index contributed by atoms with van der Waals surface area (Å²) in [5.74, 6) is 0.658. The molecule has 1 fully saturated rings. The van der Waals surface area contributed by atoms with Crippen LogP contribution in [0.5, 0.6) is 0 Å². The van der Waals surface area contributed by atoms with Crippen molar-refractivity contribution >= 4 is 0 Å². The van der Waals surface area contributed by atoms with Crippen LogP contribution < -0.4 is 5.73 Å². The van der Waals surface area contributed by atoms with Crippen LogP contribution in [0, 0.1) is 30.6 Å². The third kappa shape index (κ3) is 2.14. The normalized spacial score (nSPS) is 45.0. The minimum atomic E-state index is 0.283. The summed E-state index contributed by atoms with van der Waals surface area (Å²) in [6.45, 7) is 3.08. The number of rotatable bonds is 0. The van der Waals surface area contributed by atoms with E-state index in [1.165, 1.54) is 0 Å². The first-order valence-corrected chi connectivity index (χ1v) is 4.91. The Hall–Kier alpha value is 0.803. The maximum absolute atomic E-state index is 5.76. The van der Waals surface area contributed by atoms with Gasteiger partial charge in [0.2, 0.25) is 0 Å². The van der Waals surface area contributed by atoms with Gasteiger partial charge in [0.25, 0.3) is 0 Å². The Morgan fingerprint density at radius 1 is 1.67 bits per heavy atom. The molecule has 0 aliphatic carbocycles. The van der Waals surface area contributed by atoms with Gasteiger partial charge in [-0.05, 0) is 0 Å². The van der Waals surface area contributed by atoms with Crippen LogP contribution in [0.25, 0.3) is 0 Å². The summed E-state index contributed by atoms with van der Waals surface area (Å²) in [6.07, 6.45) is 1.13. The van der Waals surface area contributed by atoms with Crippen LogP contribution in [-0.4, -0.2) is 16.5 Å². The van der Waals surface area contributed by atoms with E-state index in [9.17, 15) is 0 Å². The molecule has 1 aliphatic rings. The molecular weight excluding hydrogens is 312 g/mol. The molecule has 0 spiro atoms. The molecule has 1 saturated heterocycles. The third-order valence-corrected chi connectivity index (χ3v) is 3.30. The van der Waals surface area contributed by atoms with Crippen molar-refractivity contribution in [3.8, 4) is 0 Å². The van der Waals surface area contributed by atoms with E-state index in [0.29, 0.717) is 9.73 Å². The molecule has 0 aromatic carbocycles. The summed E-state index contributed by atoms with van der Waals surface area (Å²) < 4.78 is 5.72. The summed E-state index contributed by atoms with van der Waals surface area (Å²) in [4.78, 5) is 0. The van der Waals surface area contributed by atoms with Gasteiger partial charge in [0.05, 0.1) is 0 Å². The van der Waals surface area contributed by atoms with Gasteiger partial charge in [0.15, 0.2) is 0 Å². The van der Waals surface area contributed by atoms with Crippen molar-refractivity contribution in [2.24, 2.45) is 11.7 Å². The fourth-order valence-electron chi connectivity index (χ4n) is 1.02. The molecule has 0 aromatic heterocycles. The first-order chi connectivity index (χ1) is 4.20.